The lowest BCUT2D eigenvalue weighted by Gasteiger charge is -2.07. The van der Waals surface area contributed by atoms with Gasteiger partial charge >= 0.3 is 11.9 Å². The number of thiol groups is 2. The molecule has 0 bridgehead atoms. The van der Waals surface area contributed by atoms with E-state index >= 15 is 0 Å². The molecule has 4 nitrogen and oxygen atoms in total. The smallest absolute Gasteiger partial charge is 0.318 e. The van der Waals surface area contributed by atoms with Crippen LogP contribution in [0.15, 0.2) is 0 Å². The van der Waals surface area contributed by atoms with Gasteiger partial charge in [-0.05, 0) is 0 Å². The lowest BCUT2D eigenvalue weighted by atomic mass is 10.3. The molecule has 6 heteroatoms. The van der Waals surface area contributed by atoms with Crippen molar-refractivity contribution in [2.24, 2.45) is 0 Å². The molecule has 0 spiro atoms. The Bertz CT molecular complexity index is 139. The van der Waals surface area contributed by atoms with Gasteiger partial charge in [0, 0.05) is 0 Å². The maximum absolute atomic E-state index is 10.1. The van der Waals surface area contributed by atoms with E-state index in [0.717, 1.165) is 0 Å². The van der Waals surface area contributed by atoms with Gasteiger partial charge in [-0.25, -0.2) is 0 Å². The van der Waals surface area contributed by atoms with E-state index < -0.39 is 22.4 Å². The van der Waals surface area contributed by atoms with Gasteiger partial charge in [0.15, 0.2) is 0 Å². The van der Waals surface area contributed by atoms with Gasteiger partial charge in [0.05, 0.1) is 0 Å². The van der Waals surface area contributed by atoms with E-state index in [2.05, 4.69) is 25.3 Å². The largest absolute Gasteiger partial charge is 0.480 e. The summed E-state index contributed by atoms with van der Waals surface area (Å²) >= 11 is 7.00. The number of carboxylic acid groups (broad SMARTS) is 2. The molecule has 0 aromatic carbocycles. The van der Waals surface area contributed by atoms with Crippen LogP contribution in [0.1, 0.15) is 0 Å². The van der Waals surface area contributed by atoms with Crippen molar-refractivity contribution < 1.29 is 19.8 Å². The maximum Gasteiger partial charge on any atom is 0.318 e. The Balaban J connectivity index is 4.07. The number of rotatable bonds is 3. The fourth-order valence-electron chi connectivity index (χ4n) is 0.270. The third-order valence-electron chi connectivity index (χ3n) is 0.805. The number of carboxylic acids is 2. The lowest BCUT2D eigenvalue weighted by Crippen LogP contribution is -2.31. The zero-order valence-corrected chi connectivity index (χ0v) is 6.55. The molecule has 2 N–H and O–H groups in total. The van der Waals surface area contributed by atoms with Gasteiger partial charge in [0.25, 0.3) is 0 Å². The molecule has 0 rings (SSSR count). The maximum atomic E-state index is 10.1. The zero-order valence-electron chi connectivity index (χ0n) is 4.76. The van der Waals surface area contributed by atoms with Crippen molar-refractivity contribution in [1.82, 2.24) is 0 Å². The topological polar surface area (TPSA) is 74.6 Å². The highest BCUT2D eigenvalue weighted by atomic mass is 32.1. The molecule has 58 valence electrons. The van der Waals surface area contributed by atoms with Crippen molar-refractivity contribution in [3.8, 4) is 0 Å². The Kier molecular flexibility index (Phi) is 3.59. The minimum Gasteiger partial charge on any atom is -0.480 e. The molecule has 0 amide bonds. The molecule has 2 atom stereocenters. The summed E-state index contributed by atoms with van der Waals surface area (Å²) in [5.74, 6) is -2.57. The molecule has 1 unspecified atom stereocenters. The molecule has 0 radical (unpaired) electrons. The predicted octanol–water partition coefficient (Wildman–Crippen LogP) is -0.248. The highest BCUT2D eigenvalue weighted by Crippen LogP contribution is 2.08. The van der Waals surface area contributed by atoms with Crippen molar-refractivity contribution in [3.63, 3.8) is 0 Å². The first kappa shape index (κ1) is 9.64. The Morgan fingerprint density at radius 2 is 1.20 bits per heavy atom. The van der Waals surface area contributed by atoms with Crippen LogP contribution in [0.2, 0.25) is 0 Å². The van der Waals surface area contributed by atoms with Gasteiger partial charge in [0.1, 0.15) is 10.5 Å². The Morgan fingerprint density at radius 3 is 1.30 bits per heavy atom. The van der Waals surface area contributed by atoms with Crippen LogP contribution in [0.25, 0.3) is 0 Å². The molecule has 10 heavy (non-hydrogen) atoms. The number of carbonyl (C=O) groups is 2. The van der Waals surface area contributed by atoms with E-state index in [1.807, 2.05) is 0 Å². The third kappa shape index (κ3) is 2.49. The fraction of sp³-hybridized carbons (Fsp3) is 0.500. The molecule has 0 aromatic rings. The minimum absolute atomic E-state index is 1.26. The average Bonchev–Trinajstić information content (AvgIpc) is 1.84. The Labute approximate surface area is 68.1 Å². The first-order valence-corrected chi connectivity index (χ1v) is 3.32. The van der Waals surface area contributed by atoms with Gasteiger partial charge in [-0.15, -0.1) is 0 Å². The SMILES string of the molecule is O=C(O)C(S)[C@@H](S)C(=O)O. The monoisotopic (exact) mass is 182 g/mol. The van der Waals surface area contributed by atoms with Crippen molar-refractivity contribution in [1.29, 1.82) is 0 Å². The van der Waals surface area contributed by atoms with Crippen molar-refractivity contribution in [2.75, 3.05) is 0 Å². The molecular formula is C4H6O4S2. The molecule has 0 saturated heterocycles. The first-order chi connectivity index (χ1) is 4.46. The van der Waals surface area contributed by atoms with Crippen LogP contribution in [0, 0.1) is 0 Å². The summed E-state index contributed by atoms with van der Waals surface area (Å²) in [4.78, 5) is 20.1. The van der Waals surface area contributed by atoms with Gasteiger partial charge in [-0.3, -0.25) is 9.59 Å². The minimum atomic E-state index is -1.29. The molecular weight excluding hydrogens is 176 g/mol. The third-order valence-corrected chi connectivity index (χ3v) is 2.08. The summed E-state index contributed by atoms with van der Waals surface area (Å²) in [6.07, 6.45) is 0. The van der Waals surface area contributed by atoms with Crippen molar-refractivity contribution in [3.05, 3.63) is 0 Å². The van der Waals surface area contributed by atoms with Crippen LogP contribution in [-0.2, 0) is 9.59 Å². The van der Waals surface area contributed by atoms with E-state index in [0.29, 0.717) is 0 Å². The second-order valence-electron chi connectivity index (χ2n) is 1.57. The first-order valence-electron chi connectivity index (χ1n) is 2.28. The van der Waals surface area contributed by atoms with E-state index in [1.54, 1.807) is 0 Å². The quantitative estimate of drug-likeness (QED) is 0.454. The lowest BCUT2D eigenvalue weighted by molar-refractivity contribution is -0.142. The van der Waals surface area contributed by atoms with Crippen molar-refractivity contribution >= 4 is 37.2 Å². The Hall–Kier alpha value is -0.360. The van der Waals surface area contributed by atoms with Gasteiger partial charge in [0.2, 0.25) is 0 Å². The molecule has 0 aliphatic carbocycles. The van der Waals surface area contributed by atoms with Crippen LogP contribution in [-0.4, -0.2) is 32.7 Å². The van der Waals surface area contributed by atoms with E-state index in [9.17, 15) is 9.59 Å². The summed E-state index contributed by atoms with van der Waals surface area (Å²) < 4.78 is 0. The second-order valence-corrected chi connectivity index (χ2v) is 2.68. The van der Waals surface area contributed by atoms with Crippen LogP contribution < -0.4 is 0 Å². The number of hydrogen-bond acceptors (Lipinski definition) is 4. The van der Waals surface area contributed by atoms with Crippen LogP contribution in [0.5, 0.6) is 0 Å². The van der Waals surface area contributed by atoms with Crippen LogP contribution >= 0.6 is 25.3 Å². The standard InChI is InChI=1S/C4H6O4S2/c5-3(6)1(9)2(10)4(7)8/h1-2,9-10H,(H,5,6)(H,7,8)/t1-,2?/m1/s1. The van der Waals surface area contributed by atoms with Crippen LogP contribution in [0.4, 0.5) is 0 Å². The zero-order chi connectivity index (χ0) is 8.31. The van der Waals surface area contributed by atoms with Gasteiger partial charge < -0.3 is 10.2 Å². The molecule has 0 aliphatic rings. The molecule has 0 fully saturated rings. The highest BCUT2D eigenvalue weighted by Gasteiger charge is 2.26. The predicted molar refractivity (Wildman–Crippen MR) is 40.8 cm³/mol. The summed E-state index contributed by atoms with van der Waals surface area (Å²) in [5.41, 5.74) is 0. The Morgan fingerprint density at radius 1 is 1.00 bits per heavy atom. The molecule has 0 saturated carbocycles. The molecule has 0 aromatic heterocycles. The summed E-state index contributed by atoms with van der Waals surface area (Å²) in [6, 6.07) is 0. The second kappa shape index (κ2) is 3.72. The molecule has 0 heterocycles. The normalized spacial score (nSPS) is 15.8. The summed E-state index contributed by atoms with van der Waals surface area (Å²) in [5, 5.41) is 13.9. The van der Waals surface area contributed by atoms with Gasteiger partial charge in [-0.2, -0.15) is 25.3 Å². The highest BCUT2D eigenvalue weighted by molar-refractivity contribution is 7.86. The van der Waals surface area contributed by atoms with E-state index in [1.165, 1.54) is 0 Å². The van der Waals surface area contributed by atoms with E-state index in [-0.39, 0.29) is 0 Å². The van der Waals surface area contributed by atoms with Gasteiger partial charge in [-0.1, -0.05) is 0 Å². The molecule has 0 aliphatic heterocycles. The number of aliphatic carboxylic acids is 2. The average molecular weight is 182 g/mol. The number of hydrogen-bond donors (Lipinski definition) is 4. The van der Waals surface area contributed by atoms with Crippen LogP contribution in [0.3, 0.4) is 0 Å². The summed E-state index contributed by atoms with van der Waals surface area (Å²) in [6.45, 7) is 0. The fourth-order valence-corrected chi connectivity index (χ4v) is 0.525. The van der Waals surface area contributed by atoms with E-state index in [4.69, 9.17) is 10.2 Å². The summed E-state index contributed by atoms with van der Waals surface area (Å²) in [7, 11) is 0. The van der Waals surface area contributed by atoms with Crippen molar-refractivity contribution in [2.45, 2.75) is 10.5 Å².